The number of hydrogen-bond acceptors (Lipinski definition) is 7. The van der Waals surface area contributed by atoms with E-state index < -0.39 is 0 Å². The van der Waals surface area contributed by atoms with Gasteiger partial charge in [-0.2, -0.15) is 5.10 Å². The first kappa shape index (κ1) is 22.5. The molecule has 0 saturated carbocycles. The smallest absolute Gasteiger partial charge is 0.293 e. The molecule has 1 N–H and O–H groups in total. The van der Waals surface area contributed by atoms with Crippen molar-refractivity contribution in [2.75, 3.05) is 64.4 Å². The third-order valence-corrected chi connectivity index (χ3v) is 6.62. The predicted octanol–water partition coefficient (Wildman–Crippen LogP) is 3.23. The average Bonchev–Trinajstić information content (AvgIpc) is 3.26. The molecule has 0 aliphatic carbocycles. The monoisotopic (exact) mass is 462 g/mol. The average molecular weight is 463 g/mol. The van der Waals surface area contributed by atoms with Crippen LogP contribution in [0.5, 0.6) is 0 Å². The van der Waals surface area contributed by atoms with Crippen molar-refractivity contribution in [2.45, 2.75) is 6.54 Å². The van der Waals surface area contributed by atoms with E-state index in [1.54, 1.807) is 6.07 Å². The van der Waals surface area contributed by atoms with Crippen LogP contribution in [-0.4, -0.2) is 84.5 Å². The van der Waals surface area contributed by atoms with Crippen LogP contribution in [0.25, 0.3) is 23.1 Å². The van der Waals surface area contributed by atoms with E-state index in [0.29, 0.717) is 37.7 Å². The van der Waals surface area contributed by atoms with Crippen LogP contribution in [0.2, 0.25) is 0 Å². The third kappa shape index (κ3) is 4.96. The summed E-state index contributed by atoms with van der Waals surface area (Å²) in [5.41, 5.74) is 4.55. The molecule has 0 amide bonds. The summed E-state index contributed by atoms with van der Waals surface area (Å²) in [6, 6.07) is 12.0. The maximum atomic E-state index is 11.8. The van der Waals surface area contributed by atoms with Crippen LogP contribution in [0, 0.1) is 10.1 Å². The molecular weight excluding hydrogens is 432 g/mol. The number of hydrogen-bond donors (Lipinski definition) is 1. The first-order chi connectivity index (χ1) is 16.6. The number of aromatic amines is 1. The standard InChI is InChI=1S/C25H30N6O3/c1-28-7-9-29(10-8-28)18-20-4-2-3-19(15-20)5-6-22-21-16-25(31(32)33)24(17-23(21)27-26-22)30-11-13-34-14-12-30/h2-6,15-17H,7-14,18H2,1H3,(H,26,27)/b6-5+. The Hall–Kier alpha value is -3.27. The molecule has 3 aromatic rings. The van der Waals surface area contributed by atoms with Crippen LogP contribution in [0.15, 0.2) is 36.4 Å². The second-order valence-electron chi connectivity index (χ2n) is 9.01. The Kier molecular flexibility index (Phi) is 6.57. The van der Waals surface area contributed by atoms with Gasteiger partial charge in [0.1, 0.15) is 5.69 Å². The van der Waals surface area contributed by atoms with Gasteiger partial charge in [-0.1, -0.05) is 30.3 Å². The number of aromatic nitrogens is 2. The van der Waals surface area contributed by atoms with Crippen molar-refractivity contribution in [3.05, 3.63) is 63.3 Å². The molecule has 0 radical (unpaired) electrons. The Labute approximate surface area is 198 Å². The molecule has 34 heavy (non-hydrogen) atoms. The summed E-state index contributed by atoms with van der Waals surface area (Å²) < 4.78 is 5.40. The van der Waals surface area contributed by atoms with Gasteiger partial charge in [-0.3, -0.25) is 20.1 Å². The number of morpholine rings is 1. The largest absolute Gasteiger partial charge is 0.378 e. The van der Waals surface area contributed by atoms with Gasteiger partial charge in [-0.25, -0.2) is 0 Å². The molecule has 5 rings (SSSR count). The zero-order valence-electron chi connectivity index (χ0n) is 19.4. The number of anilines is 1. The van der Waals surface area contributed by atoms with E-state index in [9.17, 15) is 10.1 Å². The van der Waals surface area contributed by atoms with Crippen molar-refractivity contribution in [1.29, 1.82) is 0 Å². The molecule has 0 unspecified atom stereocenters. The molecule has 0 bridgehead atoms. The fourth-order valence-electron chi connectivity index (χ4n) is 4.63. The minimum absolute atomic E-state index is 0.0969. The van der Waals surface area contributed by atoms with Crippen LogP contribution in [0.1, 0.15) is 16.8 Å². The van der Waals surface area contributed by atoms with Gasteiger partial charge in [-0.15, -0.1) is 0 Å². The number of benzene rings is 2. The number of H-pyrrole nitrogens is 1. The SMILES string of the molecule is CN1CCN(Cc2cccc(/C=C/c3n[nH]c4cc(N5CCOCC5)c([N+](=O)[O-])cc34)c2)CC1. The number of nitro benzene ring substituents is 1. The minimum Gasteiger partial charge on any atom is -0.378 e. The van der Waals surface area contributed by atoms with Gasteiger partial charge in [0.05, 0.1) is 29.3 Å². The maximum absolute atomic E-state index is 11.8. The Morgan fingerprint density at radius 1 is 1.09 bits per heavy atom. The van der Waals surface area contributed by atoms with Crippen LogP contribution in [0.3, 0.4) is 0 Å². The number of piperazine rings is 1. The van der Waals surface area contributed by atoms with E-state index in [4.69, 9.17) is 4.74 Å². The highest BCUT2D eigenvalue weighted by Gasteiger charge is 2.23. The van der Waals surface area contributed by atoms with Gasteiger partial charge in [0.25, 0.3) is 5.69 Å². The number of nitrogens with zero attached hydrogens (tertiary/aromatic N) is 5. The van der Waals surface area contributed by atoms with Crippen molar-refractivity contribution in [3.8, 4) is 0 Å². The molecule has 0 atom stereocenters. The number of nitro groups is 1. The summed E-state index contributed by atoms with van der Waals surface area (Å²) in [7, 11) is 2.17. The summed E-state index contributed by atoms with van der Waals surface area (Å²) in [5.74, 6) is 0. The zero-order chi connectivity index (χ0) is 23.5. The Morgan fingerprint density at radius 2 is 1.88 bits per heavy atom. The lowest BCUT2D eigenvalue weighted by Crippen LogP contribution is -2.43. The van der Waals surface area contributed by atoms with E-state index in [0.717, 1.165) is 49.2 Å². The lowest BCUT2D eigenvalue weighted by atomic mass is 10.1. The third-order valence-electron chi connectivity index (χ3n) is 6.62. The van der Waals surface area contributed by atoms with E-state index in [-0.39, 0.29) is 10.6 Å². The summed E-state index contributed by atoms with van der Waals surface area (Å²) in [6.45, 7) is 7.73. The van der Waals surface area contributed by atoms with E-state index in [2.05, 4.69) is 51.3 Å². The Bertz CT molecular complexity index is 1190. The van der Waals surface area contributed by atoms with Crippen LogP contribution < -0.4 is 4.90 Å². The van der Waals surface area contributed by atoms with Crippen molar-refractivity contribution < 1.29 is 9.66 Å². The van der Waals surface area contributed by atoms with Gasteiger partial charge < -0.3 is 14.5 Å². The lowest BCUT2D eigenvalue weighted by Gasteiger charge is -2.32. The fourth-order valence-corrected chi connectivity index (χ4v) is 4.63. The lowest BCUT2D eigenvalue weighted by molar-refractivity contribution is -0.384. The van der Waals surface area contributed by atoms with Crippen molar-refractivity contribution in [2.24, 2.45) is 0 Å². The molecule has 0 spiro atoms. The normalized spacial score (nSPS) is 18.2. The summed E-state index contributed by atoms with van der Waals surface area (Å²) in [5, 5.41) is 20.1. The molecule has 178 valence electrons. The quantitative estimate of drug-likeness (QED) is 0.444. The number of fused-ring (bicyclic) bond motifs is 1. The molecule has 3 heterocycles. The molecule has 2 saturated heterocycles. The molecule has 2 fully saturated rings. The number of rotatable bonds is 6. The van der Waals surface area contributed by atoms with Gasteiger partial charge in [0, 0.05) is 57.3 Å². The van der Waals surface area contributed by atoms with Gasteiger partial charge >= 0.3 is 0 Å². The van der Waals surface area contributed by atoms with E-state index in [1.165, 1.54) is 5.56 Å². The van der Waals surface area contributed by atoms with Gasteiger partial charge in [0.15, 0.2) is 0 Å². The predicted molar refractivity (Wildman–Crippen MR) is 134 cm³/mol. The second kappa shape index (κ2) is 9.92. The summed E-state index contributed by atoms with van der Waals surface area (Å²) in [4.78, 5) is 18.4. The van der Waals surface area contributed by atoms with Crippen LogP contribution in [0.4, 0.5) is 11.4 Å². The zero-order valence-corrected chi connectivity index (χ0v) is 19.4. The molecular formula is C25H30N6O3. The van der Waals surface area contributed by atoms with Crippen LogP contribution in [-0.2, 0) is 11.3 Å². The molecule has 2 aliphatic rings. The molecule has 2 aliphatic heterocycles. The highest BCUT2D eigenvalue weighted by atomic mass is 16.6. The second-order valence-corrected chi connectivity index (χ2v) is 9.01. The highest BCUT2D eigenvalue weighted by Crippen LogP contribution is 2.34. The van der Waals surface area contributed by atoms with Crippen molar-refractivity contribution in [1.82, 2.24) is 20.0 Å². The van der Waals surface area contributed by atoms with Gasteiger partial charge in [0.2, 0.25) is 0 Å². The van der Waals surface area contributed by atoms with E-state index in [1.807, 2.05) is 23.1 Å². The summed E-state index contributed by atoms with van der Waals surface area (Å²) >= 11 is 0. The first-order valence-corrected chi connectivity index (χ1v) is 11.7. The molecule has 2 aromatic carbocycles. The topological polar surface area (TPSA) is 90.8 Å². The maximum Gasteiger partial charge on any atom is 0.293 e. The Balaban J connectivity index is 1.37. The summed E-state index contributed by atoms with van der Waals surface area (Å²) in [6.07, 6.45) is 3.94. The highest BCUT2D eigenvalue weighted by molar-refractivity contribution is 5.94. The Morgan fingerprint density at radius 3 is 2.65 bits per heavy atom. The van der Waals surface area contributed by atoms with Crippen molar-refractivity contribution in [3.63, 3.8) is 0 Å². The van der Waals surface area contributed by atoms with Gasteiger partial charge in [-0.05, 0) is 30.3 Å². The number of likely N-dealkylation sites (N-methyl/N-ethyl adjacent to an activating group) is 1. The molecule has 9 nitrogen and oxygen atoms in total. The molecule has 9 heteroatoms. The fraction of sp³-hybridized carbons (Fsp3) is 0.400. The first-order valence-electron chi connectivity index (χ1n) is 11.7. The van der Waals surface area contributed by atoms with E-state index >= 15 is 0 Å². The van der Waals surface area contributed by atoms with Crippen LogP contribution >= 0.6 is 0 Å². The minimum atomic E-state index is -0.313. The number of nitrogens with one attached hydrogen (secondary N) is 1. The number of ether oxygens (including phenoxy) is 1. The molecule has 1 aromatic heterocycles. The van der Waals surface area contributed by atoms with Crippen molar-refractivity contribution >= 4 is 34.4 Å².